The molecule has 1 atom stereocenters. The maximum absolute atomic E-state index is 12.8. The van der Waals surface area contributed by atoms with Gasteiger partial charge in [0.2, 0.25) is 10.0 Å². The van der Waals surface area contributed by atoms with Gasteiger partial charge in [-0.05, 0) is 54.3 Å². The number of benzene rings is 3. The van der Waals surface area contributed by atoms with Crippen LogP contribution in [0.25, 0.3) is 0 Å². The van der Waals surface area contributed by atoms with Gasteiger partial charge in [-0.25, -0.2) is 8.42 Å². The van der Waals surface area contributed by atoms with Gasteiger partial charge in [0.25, 0.3) is 5.91 Å². The van der Waals surface area contributed by atoms with Gasteiger partial charge in [0, 0.05) is 19.2 Å². The van der Waals surface area contributed by atoms with E-state index in [1.54, 1.807) is 61.6 Å². The number of hydrogen-bond acceptors (Lipinski definition) is 3. The zero-order valence-electron chi connectivity index (χ0n) is 18.1. The molecule has 0 bridgehead atoms. The van der Waals surface area contributed by atoms with E-state index in [4.69, 9.17) is 0 Å². The fourth-order valence-corrected chi connectivity index (χ4v) is 4.68. The summed E-state index contributed by atoms with van der Waals surface area (Å²) in [5.41, 5.74) is 3.62. The van der Waals surface area contributed by atoms with Gasteiger partial charge in [0.05, 0.1) is 10.9 Å². The van der Waals surface area contributed by atoms with Crippen molar-refractivity contribution in [3.63, 3.8) is 0 Å². The minimum Gasteiger partial charge on any atom is -0.345 e. The van der Waals surface area contributed by atoms with Crippen LogP contribution in [0.1, 0.15) is 46.4 Å². The van der Waals surface area contributed by atoms with Crippen molar-refractivity contribution in [2.24, 2.45) is 0 Å². The lowest BCUT2D eigenvalue weighted by Crippen LogP contribution is -2.29. The minimum atomic E-state index is -3.56. The number of amides is 1. The van der Waals surface area contributed by atoms with Crippen LogP contribution in [0.4, 0.5) is 0 Å². The first-order chi connectivity index (χ1) is 14.8. The van der Waals surface area contributed by atoms with Crippen molar-refractivity contribution < 1.29 is 13.2 Å². The van der Waals surface area contributed by atoms with Gasteiger partial charge in [0.15, 0.2) is 0 Å². The van der Waals surface area contributed by atoms with Gasteiger partial charge in [-0.2, -0.15) is 4.31 Å². The Labute approximate surface area is 184 Å². The second-order valence-corrected chi connectivity index (χ2v) is 9.61. The molecule has 3 aromatic rings. The molecule has 0 radical (unpaired) electrons. The second kappa shape index (κ2) is 9.90. The summed E-state index contributed by atoms with van der Waals surface area (Å²) in [5, 5.41) is 3.10. The van der Waals surface area contributed by atoms with Crippen LogP contribution in [-0.2, 0) is 16.6 Å². The van der Waals surface area contributed by atoms with E-state index in [-0.39, 0.29) is 23.4 Å². The Morgan fingerprint density at radius 1 is 0.935 bits per heavy atom. The summed E-state index contributed by atoms with van der Waals surface area (Å²) in [6.45, 7) is 4.31. The molecule has 1 unspecified atom stereocenters. The van der Waals surface area contributed by atoms with Crippen LogP contribution in [0.15, 0.2) is 83.8 Å². The molecule has 0 spiro atoms. The highest BCUT2D eigenvalue weighted by Gasteiger charge is 2.21. The fraction of sp³-hybridized carbons (Fsp3) is 0.240. The number of carbonyl (C=O) groups excluding carboxylic acids is 1. The number of nitrogens with one attached hydrogen (secondary N) is 1. The zero-order chi connectivity index (χ0) is 22.4. The van der Waals surface area contributed by atoms with E-state index in [0.29, 0.717) is 5.56 Å². The summed E-state index contributed by atoms with van der Waals surface area (Å²) in [7, 11) is -2.01. The number of aryl methyl sites for hydroxylation is 1. The van der Waals surface area contributed by atoms with Crippen molar-refractivity contribution in [3.05, 3.63) is 101 Å². The molecule has 1 amide bonds. The summed E-state index contributed by atoms with van der Waals surface area (Å²) < 4.78 is 26.7. The molecule has 0 heterocycles. The SMILES string of the molecule is CCC(NC(=O)c1ccc(CN(C)S(=O)(=O)c2ccccc2)cc1)c1ccccc1C. The standard InChI is InChI=1S/C25H28N2O3S/c1-4-24(23-13-9-8-10-19(23)2)26-25(28)21-16-14-20(15-17-21)18-27(3)31(29,30)22-11-6-5-7-12-22/h5-17,24H,4,18H2,1-3H3,(H,26,28). The van der Waals surface area contributed by atoms with Crippen LogP contribution < -0.4 is 5.32 Å². The number of hydrogen-bond donors (Lipinski definition) is 1. The first-order valence-electron chi connectivity index (χ1n) is 10.3. The van der Waals surface area contributed by atoms with Crippen molar-refractivity contribution >= 4 is 15.9 Å². The Hall–Kier alpha value is -2.96. The van der Waals surface area contributed by atoms with E-state index in [1.807, 2.05) is 38.1 Å². The van der Waals surface area contributed by atoms with Crippen molar-refractivity contribution in [1.29, 1.82) is 0 Å². The van der Waals surface area contributed by atoms with E-state index >= 15 is 0 Å². The topological polar surface area (TPSA) is 66.5 Å². The van der Waals surface area contributed by atoms with E-state index in [9.17, 15) is 13.2 Å². The van der Waals surface area contributed by atoms with E-state index in [1.165, 1.54) is 4.31 Å². The lowest BCUT2D eigenvalue weighted by molar-refractivity contribution is 0.0935. The van der Waals surface area contributed by atoms with Crippen molar-refractivity contribution in [2.75, 3.05) is 7.05 Å². The third-order valence-corrected chi connectivity index (χ3v) is 7.17. The Kier molecular flexibility index (Phi) is 7.25. The maximum atomic E-state index is 12.8. The van der Waals surface area contributed by atoms with Gasteiger partial charge >= 0.3 is 0 Å². The highest BCUT2D eigenvalue weighted by atomic mass is 32.2. The summed E-state index contributed by atoms with van der Waals surface area (Å²) >= 11 is 0. The van der Waals surface area contributed by atoms with E-state index in [0.717, 1.165) is 23.1 Å². The summed E-state index contributed by atoms with van der Waals surface area (Å²) in [6, 6.07) is 23.4. The van der Waals surface area contributed by atoms with Crippen molar-refractivity contribution in [2.45, 2.75) is 37.8 Å². The number of carbonyl (C=O) groups is 1. The van der Waals surface area contributed by atoms with Crippen LogP contribution in [0, 0.1) is 6.92 Å². The fourth-order valence-electron chi connectivity index (χ4n) is 3.50. The predicted molar refractivity (Wildman–Crippen MR) is 123 cm³/mol. The van der Waals surface area contributed by atoms with Gasteiger partial charge in [-0.1, -0.05) is 61.5 Å². The lowest BCUT2D eigenvalue weighted by atomic mass is 9.99. The average Bonchev–Trinajstić information content (AvgIpc) is 2.79. The van der Waals surface area contributed by atoms with Crippen LogP contribution >= 0.6 is 0 Å². The zero-order valence-corrected chi connectivity index (χ0v) is 18.9. The molecule has 3 aromatic carbocycles. The van der Waals surface area contributed by atoms with Gasteiger partial charge in [0.1, 0.15) is 0 Å². The Morgan fingerprint density at radius 3 is 2.16 bits per heavy atom. The summed E-state index contributed by atoms with van der Waals surface area (Å²) in [4.78, 5) is 13.0. The average molecular weight is 437 g/mol. The molecule has 1 N–H and O–H groups in total. The van der Waals surface area contributed by atoms with Gasteiger partial charge in [-0.3, -0.25) is 4.79 Å². The third-order valence-electron chi connectivity index (χ3n) is 5.35. The van der Waals surface area contributed by atoms with E-state index < -0.39 is 10.0 Å². The van der Waals surface area contributed by atoms with Gasteiger partial charge in [-0.15, -0.1) is 0 Å². The Morgan fingerprint density at radius 2 is 1.55 bits per heavy atom. The number of sulfonamides is 1. The molecular weight excluding hydrogens is 408 g/mol. The lowest BCUT2D eigenvalue weighted by Gasteiger charge is -2.20. The van der Waals surface area contributed by atoms with Crippen molar-refractivity contribution in [1.82, 2.24) is 9.62 Å². The minimum absolute atomic E-state index is 0.0597. The van der Waals surface area contributed by atoms with Crippen LogP contribution in [0.3, 0.4) is 0 Å². The predicted octanol–water partition coefficient (Wildman–Crippen LogP) is 4.70. The number of nitrogens with zero attached hydrogens (tertiary/aromatic N) is 1. The first-order valence-corrected chi connectivity index (χ1v) is 11.7. The smallest absolute Gasteiger partial charge is 0.251 e. The highest BCUT2D eigenvalue weighted by molar-refractivity contribution is 7.89. The quantitative estimate of drug-likeness (QED) is 0.557. The summed E-state index contributed by atoms with van der Waals surface area (Å²) in [6.07, 6.45) is 0.789. The molecule has 0 aliphatic heterocycles. The first kappa shape index (κ1) is 22.7. The molecule has 0 aliphatic rings. The third kappa shape index (κ3) is 5.40. The monoisotopic (exact) mass is 436 g/mol. The number of rotatable bonds is 8. The molecule has 0 fully saturated rings. The highest BCUT2D eigenvalue weighted by Crippen LogP contribution is 2.21. The molecule has 6 heteroatoms. The molecule has 0 aromatic heterocycles. The molecular formula is C25H28N2O3S. The van der Waals surface area contributed by atoms with Gasteiger partial charge < -0.3 is 5.32 Å². The van der Waals surface area contributed by atoms with Crippen LogP contribution in [-0.4, -0.2) is 25.7 Å². The van der Waals surface area contributed by atoms with Crippen molar-refractivity contribution in [3.8, 4) is 0 Å². The normalized spacial score (nSPS) is 12.5. The van der Waals surface area contributed by atoms with Crippen LogP contribution in [0.5, 0.6) is 0 Å². The Balaban J connectivity index is 1.68. The largest absolute Gasteiger partial charge is 0.345 e. The van der Waals surface area contributed by atoms with E-state index in [2.05, 4.69) is 5.32 Å². The molecule has 31 heavy (non-hydrogen) atoms. The molecule has 5 nitrogen and oxygen atoms in total. The second-order valence-electron chi connectivity index (χ2n) is 7.56. The maximum Gasteiger partial charge on any atom is 0.251 e. The summed E-state index contributed by atoms with van der Waals surface area (Å²) in [5.74, 6) is -0.146. The molecule has 0 saturated heterocycles. The molecule has 0 saturated carbocycles. The molecule has 162 valence electrons. The molecule has 3 rings (SSSR count). The van der Waals surface area contributed by atoms with Crippen LogP contribution in [0.2, 0.25) is 0 Å². The Bertz CT molecular complexity index is 1130. The molecule has 0 aliphatic carbocycles.